The first kappa shape index (κ1) is 13.8. The van der Waals surface area contributed by atoms with Crippen LogP contribution in [-0.4, -0.2) is 47.7 Å². The quantitative estimate of drug-likeness (QED) is 0.791. The summed E-state index contributed by atoms with van der Waals surface area (Å²) in [5.41, 5.74) is 0. The Labute approximate surface area is 110 Å². The lowest BCUT2D eigenvalue weighted by atomic mass is 9.92. The van der Waals surface area contributed by atoms with Crippen LogP contribution < -0.4 is 5.32 Å². The fourth-order valence-electron chi connectivity index (χ4n) is 3.14. The van der Waals surface area contributed by atoms with E-state index in [1.807, 2.05) is 6.92 Å². The number of carbonyl (C=O) groups excluding carboxylic acids is 1. The molecule has 1 saturated heterocycles. The van der Waals surface area contributed by atoms with Gasteiger partial charge >= 0.3 is 0 Å². The molecule has 1 aliphatic heterocycles. The van der Waals surface area contributed by atoms with E-state index in [2.05, 4.69) is 10.2 Å². The summed E-state index contributed by atoms with van der Waals surface area (Å²) in [6.07, 6.45) is 6.61. The van der Waals surface area contributed by atoms with Gasteiger partial charge in [0.1, 0.15) is 0 Å². The summed E-state index contributed by atoms with van der Waals surface area (Å²) in [6, 6.07) is 0.424. The molecule has 18 heavy (non-hydrogen) atoms. The Morgan fingerprint density at radius 3 is 2.44 bits per heavy atom. The number of amides is 1. The molecule has 0 radical (unpaired) electrons. The van der Waals surface area contributed by atoms with Gasteiger partial charge in [0.2, 0.25) is 5.91 Å². The van der Waals surface area contributed by atoms with Gasteiger partial charge in [0.25, 0.3) is 0 Å². The highest BCUT2D eigenvalue weighted by atomic mass is 16.3. The van der Waals surface area contributed by atoms with Crippen LogP contribution in [0, 0.1) is 5.92 Å². The maximum Gasteiger partial charge on any atom is 0.234 e. The summed E-state index contributed by atoms with van der Waals surface area (Å²) in [6.45, 7) is 4.28. The van der Waals surface area contributed by atoms with Crippen molar-refractivity contribution in [1.29, 1.82) is 0 Å². The van der Waals surface area contributed by atoms with Crippen LogP contribution >= 0.6 is 0 Å². The number of rotatable bonds is 4. The van der Waals surface area contributed by atoms with Gasteiger partial charge in [-0.2, -0.15) is 0 Å². The van der Waals surface area contributed by atoms with Crippen LogP contribution in [0.25, 0.3) is 0 Å². The van der Waals surface area contributed by atoms with Crippen LogP contribution in [-0.2, 0) is 4.79 Å². The molecule has 2 N–H and O–H groups in total. The zero-order valence-corrected chi connectivity index (χ0v) is 11.4. The average molecular weight is 254 g/mol. The lowest BCUT2D eigenvalue weighted by molar-refractivity contribution is -0.123. The minimum absolute atomic E-state index is 0.178. The van der Waals surface area contributed by atoms with Gasteiger partial charge < -0.3 is 10.4 Å². The van der Waals surface area contributed by atoms with E-state index in [1.54, 1.807) is 0 Å². The lowest BCUT2D eigenvalue weighted by Gasteiger charge is -2.32. The fourth-order valence-corrected chi connectivity index (χ4v) is 3.14. The van der Waals surface area contributed by atoms with Gasteiger partial charge in [-0.15, -0.1) is 0 Å². The van der Waals surface area contributed by atoms with E-state index in [9.17, 15) is 9.90 Å². The van der Waals surface area contributed by atoms with Gasteiger partial charge in [-0.25, -0.2) is 0 Å². The molecule has 2 rings (SSSR count). The zero-order valence-electron chi connectivity index (χ0n) is 11.4. The number of nitrogens with one attached hydrogen (secondary N) is 1. The fraction of sp³-hybridized carbons (Fsp3) is 0.929. The van der Waals surface area contributed by atoms with Crippen molar-refractivity contribution >= 4 is 5.91 Å². The zero-order chi connectivity index (χ0) is 13.0. The number of aliphatic hydroxyl groups excluding tert-OH is 1. The third kappa shape index (κ3) is 3.95. The molecule has 0 bridgehead atoms. The molecule has 4 nitrogen and oxygen atoms in total. The Balaban J connectivity index is 1.66. The first-order chi connectivity index (χ1) is 8.65. The molecular weight excluding hydrogens is 228 g/mol. The summed E-state index contributed by atoms with van der Waals surface area (Å²) in [5.74, 6) is 0.594. The molecule has 1 aliphatic carbocycles. The van der Waals surface area contributed by atoms with Crippen molar-refractivity contribution in [2.45, 2.75) is 57.6 Å². The monoisotopic (exact) mass is 254 g/mol. The summed E-state index contributed by atoms with van der Waals surface area (Å²) in [7, 11) is 0. The SMILES string of the molecule is CC(O)C1CCN(CC(=O)NC2CCCC2)CC1. The van der Waals surface area contributed by atoms with Crippen LogP contribution in [0.15, 0.2) is 0 Å². The minimum atomic E-state index is -0.209. The maximum atomic E-state index is 11.9. The lowest BCUT2D eigenvalue weighted by Crippen LogP contribution is -2.44. The van der Waals surface area contributed by atoms with E-state index in [-0.39, 0.29) is 12.0 Å². The molecule has 2 fully saturated rings. The van der Waals surface area contributed by atoms with Gasteiger partial charge in [0.15, 0.2) is 0 Å². The Bertz CT molecular complexity index is 267. The average Bonchev–Trinajstić information content (AvgIpc) is 2.82. The standard InChI is InChI=1S/C14H26N2O2/c1-11(17)12-6-8-16(9-7-12)10-14(18)15-13-4-2-3-5-13/h11-13,17H,2-10H2,1H3,(H,15,18). The van der Waals surface area contributed by atoms with E-state index in [1.165, 1.54) is 12.8 Å². The van der Waals surface area contributed by atoms with E-state index >= 15 is 0 Å². The highest BCUT2D eigenvalue weighted by molar-refractivity contribution is 5.78. The van der Waals surface area contributed by atoms with E-state index in [0.29, 0.717) is 18.5 Å². The van der Waals surface area contributed by atoms with Crippen molar-refractivity contribution in [2.75, 3.05) is 19.6 Å². The van der Waals surface area contributed by atoms with Crippen molar-refractivity contribution in [3.05, 3.63) is 0 Å². The highest BCUT2D eigenvalue weighted by Crippen LogP contribution is 2.20. The number of piperidine rings is 1. The van der Waals surface area contributed by atoms with Crippen LogP contribution in [0.5, 0.6) is 0 Å². The Morgan fingerprint density at radius 1 is 1.28 bits per heavy atom. The van der Waals surface area contributed by atoms with Gasteiger partial charge in [-0.1, -0.05) is 12.8 Å². The second-order valence-corrected chi connectivity index (χ2v) is 5.90. The van der Waals surface area contributed by atoms with Crippen molar-refractivity contribution in [2.24, 2.45) is 5.92 Å². The predicted molar refractivity (Wildman–Crippen MR) is 71.2 cm³/mol. The second-order valence-electron chi connectivity index (χ2n) is 5.90. The van der Waals surface area contributed by atoms with Gasteiger partial charge in [-0.05, 0) is 51.6 Å². The van der Waals surface area contributed by atoms with Crippen LogP contribution in [0.4, 0.5) is 0 Å². The number of carbonyl (C=O) groups is 1. The Kier molecular flexibility index (Phi) is 5.01. The van der Waals surface area contributed by atoms with Crippen LogP contribution in [0.3, 0.4) is 0 Å². The van der Waals surface area contributed by atoms with Crippen molar-refractivity contribution < 1.29 is 9.90 Å². The normalized spacial score (nSPS) is 25.2. The third-order valence-electron chi connectivity index (χ3n) is 4.40. The molecule has 4 heteroatoms. The van der Waals surface area contributed by atoms with Crippen molar-refractivity contribution in [3.63, 3.8) is 0 Å². The molecule has 0 spiro atoms. The number of nitrogens with zero attached hydrogens (tertiary/aromatic N) is 1. The molecule has 104 valence electrons. The Hall–Kier alpha value is -0.610. The predicted octanol–water partition coefficient (Wildman–Crippen LogP) is 1.14. The third-order valence-corrected chi connectivity index (χ3v) is 4.40. The molecule has 0 aromatic carbocycles. The Morgan fingerprint density at radius 2 is 1.89 bits per heavy atom. The largest absolute Gasteiger partial charge is 0.393 e. The van der Waals surface area contributed by atoms with Crippen LogP contribution in [0.2, 0.25) is 0 Å². The summed E-state index contributed by atoms with van der Waals surface area (Å²) in [5, 5.41) is 12.7. The molecular formula is C14H26N2O2. The first-order valence-electron chi connectivity index (χ1n) is 7.35. The van der Waals surface area contributed by atoms with E-state index < -0.39 is 0 Å². The highest BCUT2D eigenvalue weighted by Gasteiger charge is 2.24. The number of aliphatic hydroxyl groups is 1. The van der Waals surface area contributed by atoms with Gasteiger partial charge in [-0.3, -0.25) is 9.69 Å². The molecule has 0 aromatic heterocycles. The summed E-state index contributed by atoms with van der Waals surface area (Å²) < 4.78 is 0. The second kappa shape index (κ2) is 6.53. The topological polar surface area (TPSA) is 52.6 Å². The summed E-state index contributed by atoms with van der Waals surface area (Å²) >= 11 is 0. The molecule has 1 saturated carbocycles. The van der Waals surface area contributed by atoms with Crippen molar-refractivity contribution in [3.8, 4) is 0 Å². The molecule has 2 aliphatic rings. The minimum Gasteiger partial charge on any atom is -0.393 e. The molecule has 0 aromatic rings. The molecule has 1 atom stereocenters. The number of likely N-dealkylation sites (tertiary alicyclic amines) is 1. The van der Waals surface area contributed by atoms with E-state index in [0.717, 1.165) is 38.8 Å². The number of hydrogen-bond donors (Lipinski definition) is 2. The molecule has 1 amide bonds. The number of hydrogen-bond acceptors (Lipinski definition) is 3. The van der Waals surface area contributed by atoms with Gasteiger partial charge in [0.05, 0.1) is 12.6 Å². The molecule has 1 unspecified atom stereocenters. The van der Waals surface area contributed by atoms with Crippen LogP contribution in [0.1, 0.15) is 45.4 Å². The van der Waals surface area contributed by atoms with E-state index in [4.69, 9.17) is 0 Å². The smallest absolute Gasteiger partial charge is 0.234 e. The van der Waals surface area contributed by atoms with Crippen molar-refractivity contribution in [1.82, 2.24) is 10.2 Å². The summed E-state index contributed by atoms with van der Waals surface area (Å²) in [4.78, 5) is 14.1. The maximum absolute atomic E-state index is 11.9. The first-order valence-corrected chi connectivity index (χ1v) is 7.35. The molecule has 1 heterocycles. The van der Waals surface area contributed by atoms with Gasteiger partial charge in [0, 0.05) is 6.04 Å².